The van der Waals surface area contributed by atoms with Crippen LogP contribution in [0.5, 0.6) is 0 Å². The highest BCUT2D eigenvalue weighted by atomic mass is 28.3. The number of Topliss-reactive ketones (excluding diaryl/α,β-unsaturated/α-hetero) is 1. The van der Waals surface area contributed by atoms with Crippen molar-refractivity contribution in [1.82, 2.24) is 0 Å². The summed E-state index contributed by atoms with van der Waals surface area (Å²) in [5.74, 6) is 0.119. The van der Waals surface area contributed by atoms with E-state index >= 15 is 0 Å². The predicted molar refractivity (Wildman–Crippen MR) is 75.9 cm³/mol. The van der Waals surface area contributed by atoms with Crippen LogP contribution in [0.25, 0.3) is 0 Å². The molecule has 0 saturated heterocycles. The molecule has 3 heteroatoms. The maximum atomic E-state index is 12.1. The first-order valence-corrected chi connectivity index (χ1v) is 9.84. The molecule has 0 fully saturated rings. The Labute approximate surface area is 107 Å². The summed E-state index contributed by atoms with van der Waals surface area (Å²) in [4.78, 5) is 23.6. The quantitative estimate of drug-likeness (QED) is 0.509. The topological polar surface area (TPSA) is 34.1 Å². The molecule has 0 rings (SSSR count). The van der Waals surface area contributed by atoms with E-state index in [2.05, 4.69) is 33.9 Å². The van der Waals surface area contributed by atoms with E-state index in [9.17, 15) is 9.59 Å². The largest absolute Gasteiger partial charge is 0.305 e. The molecule has 0 atom stereocenters. The van der Waals surface area contributed by atoms with Crippen molar-refractivity contribution in [2.45, 2.75) is 72.5 Å². The Hall–Kier alpha value is -0.443. The van der Waals surface area contributed by atoms with Crippen LogP contribution in [-0.2, 0) is 9.59 Å². The minimum absolute atomic E-state index is 0.119. The third-order valence-corrected chi connectivity index (χ3v) is 6.33. The predicted octanol–water partition coefficient (Wildman–Crippen LogP) is 4.00. The molecule has 0 bridgehead atoms. The maximum Gasteiger partial charge on any atom is 0.139 e. The standard InChI is InChI=1S/C14H28O2Si/c1-7-8-12(15)11-13(16)17(5,6)10-9-14(2,3)4/h7-11H2,1-6H3. The van der Waals surface area contributed by atoms with Crippen molar-refractivity contribution < 1.29 is 9.59 Å². The number of rotatable bonds is 7. The average Bonchev–Trinajstić information content (AvgIpc) is 2.14. The highest BCUT2D eigenvalue weighted by molar-refractivity contribution is 7.04. The van der Waals surface area contributed by atoms with Gasteiger partial charge in [-0.05, 0) is 11.8 Å². The summed E-state index contributed by atoms with van der Waals surface area (Å²) >= 11 is 0. The molecule has 0 aliphatic rings. The third kappa shape index (κ3) is 7.48. The van der Waals surface area contributed by atoms with Crippen LogP contribution in [0, 0.1) is 5.41 Å². The summed E-state index contributed by atoms with van der Waals surface area (Å²) in [6.07, 6.45) is 2.64. The Bertz CT molecular complexity index is 274. The smallest absolute Gasteiger partial charge is 0.139 e. The van der Waals surface area contributed by atoms with Gasteiger partial charge in [-0.3, -0.25) is 4.79 Å². The Morgan fingerprint density at radius 2 is 1.65 bits per heavy atom. The van der Waals surface area contributed by atoms with Gasteiger partial charge in [-0.1, -0.05) is 53.3 Å². The number of hydrogen-bond donors (Lipinski definition) is 0. The fraction of sp³-hybridized carbons (Fsp3) is 0.857. The van der Waals surface area contributed by atoms with Gasteiger partial charge in [0.15, 0.2) is 0 Å². The lowest BCUT2D eigenvalue weighted by Gasteiger charge is -2.25. The molecule has 0 aliphatic carbocycles. The molecule has 0 amide bonds. The zero-order valence-electron chi connectivity index (χ0n) is 12.4. The van der Waals surface area contributed by atoms with Crippen molar-refractivity contribution in [1.29, 1.82) is 0 Å². The number of carbonyl (C=O) groups is 2. The fourth-order valence-corrected chi connectivity index (χ4v) is 3.94. The first kappa shape index (κ1) is 16.6. The molecule has 0 radical (unpaired) electrons. The zero-order valence-corrected chi connectivity index (χ0v) is 13.4. The molecule has 0 aliphatic heterocycles. The van der Waals surface area contributed by atoms with Gasteiger partial charge in [0.25, 0.3) is 0 Å². The van der Waals surface area contributed by atoms with Gasteiger partial charge in [-0.2, -0.15) is 0 Å². The lowest BCUT2D eigenvalue weighted by Crippen LogP contribution is -2.39. The second-order valence-electron chi connectivity index (χ2n) is 6.83. The van der Waals surface area contributed by atoms with Crippen molar-refractivity contribution in [3.8, 4) is 0 Å². The Morgan fingerprint density at radius 3 is 2.06 bits per heavy atom. The third-order valence-electron chi connectivity index (χ3n) is 3.14. The van der Waals surface area contributed by atoms with Gasteiger partial charge >= 0.3 is 0 Å². The second kappa shape index (κ2) is 6.48. The molecule has 17 heavy (non-hydrogen) atoms. The summed E-state index contributed by atoms with van der Waals surface area (Å²) in [6, 6.07) is 0.995. The Balaban J connectivity index is 4.30. The van der Waals surface area contributed by atoms with Gasteiger partial charge in [-0.25, -0.2) is 0 Å². The van der Waals surface area contributed by atoms with Crippen LogP contribution in [0.4, 0.5) is 0 Å². The molecular weight excluding hydrogens is 228 g/mol. The van der Waals surface area contributed by atoms with Crippen molar-refractivity contribution in [2.75, 3.05) is 0 Å². The molecule has 100 valence electrons. The maximum absolute atomic E-state index is 12.1. The summed E-state index contributed by atoms with van der Waals surface area (Å²) in [6.45, 7) is 12.8. The van der Waals surface area contributed by atoms with Gasteiger partial charge in [0.2, 0.25) is 0 Å². The van der Waals surface area contributed by atoms with Gasteiger partial charge in [0.05, 0.1) is 6.42 Å². The van der Waals surface area contributed by atoms with Crippen LogP contribution in [0.3, 0.4) is 0 Å². The van der Waals surface area contributed by atoms with Crippen LogP contribution in [0.2, 0.25) is 19.1 Å². The van der Waals surface area contributed by atoms with E-state index in [0.717, 1.165) is 18.9 Å². The molecule has 0 heterocycles. The normalized spacial score (nSPS) is 12.6. The van der Waals surface area contributed by atoms with Crippen molar-refractivity contribution in [3.63, 3.8) is 0 Å². The molecule has 0 aromatic rings. The van der Waals surface area contributed by atoms with E-state index in [1.54, 1.807) is 0 Å². The van der Waals surface area contributed by atoms with E-state index in [1.807, 2.05) is 6.92 Å². The van der Waals surface area contributed by atoms with E-state index < -0.39 is 8.07 Å². The zero-order chi connectivity index (χ0) is 13.7. The SMILES string of the molecule is CCCC(=O)CC(=O)[Si](C)(C)CCC(C)(C)C. The lowest BCUT2D eigenvalue weighted by molar-refractivity contribution is -0.123. The van der Waals surface area contributed by atoms with E-state index in [0.29, 0.717) is 6.42 Å². The molecule has 0 saturated carbocycles. The highest BCUT2D eigenvalue weighted by Gasteiger charge is 2.32. The number of ketones is 1. The molecule has 0 N–H and O–H groups in total. The van der Waals surface area contributed by atoms with E-state index in [1.165, 1.54) is 0 Å². The second-order valence-corrected chi connectivity index (χ2v) is 11.7. The van der Waals surface area contributed by atoms with Crippen LogP contribution in [0.1, 0.15) is 53.4 Å². The van der Waals surface area contributed by atoms with Crippen LogP contribution in [-0.4, -0.2) is 19.3 Å². The van der Waals surface area contributed by atoms with Crippen molar-refractivity contribution in [3.05, 3.63) is 0 Å². The first-order chi connectivity index (χ1) is 7.58. The summed E-state index contributed by atoms with van der Waals surface area (Å²) < 4.78 is 0. The molecule has 0 aromatic heterocycles. The van der Waals surface area contributed by atoms with Gasteiger partial charge < -0.3 is 4.79 Å². The highest BCUT2D eigenvalue weighted by Crippen LogP contribution is 2.26. The van der Waals surface area contributed by atoms with Gasteiger partial charge in [0.1, 0.15) is 19.3 Å². The molecule has 2 nitrogen and oxygen atoms in total. The molecule has 0 aromatic carbocycles. The summed E-state index contributed by atoms with van der Waals surface area (Å²) in [5.41, 5.74) is 0.276. The fourth-order valence-electron chi connectivity index (χ4n) is 1.61. The first-order valence-electron chi connectivity index (χ1n) is 6.63. The van der Waals surface area contributed by atoms with Crippen molar-refractivity contribution in [2.24, 2.45) is 5.41 Å². The minimum atomic E-state index is -1.87. The van der Waals surface area contributed by atoms with Crippen LogP contribution < -0.4 is 0 Å². The number of hydrogen-bond acceptors (Lipinski definition) is 2. The monoisotopic (exact) mass is 256 g/mol. The van der Waals surface area contributed by atoms with Crippen LogP contribution in [0.15, 0.2) is 0 Å². The Kier molecular flexibility index (Phi) is 6.31. The Morgan fingerprint density at radius 1 is 1.12 bits per heavy atom. The lowest BCUT2D eigenvalue weighted by atomic mass is 9.94. The van der Waals surface area contributed by atoms with E-state index in [-0.39, 0.29) is 23.0 Å². The van der Waals surface area contributed by atoms with Gasteiger partial charge in [0, 0.05) is 6.42 Å². The molecule has 0 spiro atoms. The van der Waals surface area contributed by atoms with Gasteiger partial charge in [-0.15, -0.1) is 0 Å². The number of carbonyl (C=O) groups excluding carboxylic acids is 2. The minimum Gasteiger partial charge on any atom is -0.305 e. The summed E-state index contributed by atoms with van der Waals surface area (Å²) in [7, 11) is -1.87. The van der Waals surface area contributed by atoms with Crippen molar-refractivity contribution >= 4 is 19.3 Å². The molecular formula is C14H28O2Si. The average molecular weight is 256 g/mol. The molecule has 0 unspecified atom stereocenters. The van der Waals surface area contributed by atoms with E-state index in [4.69, 9.17) is 0 Å². The summed E-state index contributed by atoms with van der Waals surface area (Å²) in [5, 5.41) is 0.236. The van der Waals surface area contributed by atoms with Crippen LogP contribution >= 0.6 is 0 Å².